The Morgan fingerprint density at radius 3 is 3.14 bits per heavy atom. The summed E-state index contributed by atoms with van der Waals surface area (Å²) in [4.78, 5) is 11.9. The number of halogens is 1. The number of amides is 1. The summed E-state index contributed by atoms with van der Waals surface area (Å²) < 4.78 is 6.88. The van der Waals surface area contributed by atoms with Gasteiger partial charge in [0.15, 0.2) is 0 Å². The lowest BCUT2D eigenvalue weighted by atomic mass is 10.1. The van der Waals surface area contributed by atoms with Crippen molar-refractivity contribution in [3.63, 3.8) is 0 Å². The Labute approximate surface area is 132 Å². The molecule has 1 fully saturated rings. The number of rotatable bonds is 7. The molecule has 0 bridgehead atoms. The van der Waals surface area contributed by atoms with E-state index in [2.05, 4.69) is 15.7 Å². The molecule has 1 unspecified atom stereocenters. The highest BCUT2D eigenvalue weighted by atomic mass is 35.5. The monoisotopic (exact) mass is 316 g/mol. The van der Waals surface area contributed by atoms with Crippen LogP contribution in [-0.2, 0) is 4.74 Å². The van der Waals surface area contributed by atoms with Crippen LogP contribution in [0.4, 0.5) is 0 Å². The topological polar surface area (TPSA) is 68.2 Å². The second-order valence-electron chi connectivity index (χ2n) is 5.14. The molecule has 1 aromatic rings. The van der Waals surface area contributed by atoms with Crippen molar-refractivity contribution in [2.45, 2.75) is 31.7 Å². The first-order valence-electron chi connectivity index (χ1n) is 7.34. The minimum absolute atomic E-state index is 0. The standard InChI is InChI=1S/C14H24N4O2.ClH/c1-20-10-3-2-8-16-14(19)13-6-9-18(17-13)12-5-4-7-15-11-12;/h6,9,12,15H,2-5,7-8,10-11H2,1H3,(H,16,19);1H. The van der Waals surface area contributed by atoms with Crippen LogP contribution in [0.5, 0.6) is 0 Å². The summed E-state index contributed by atoms with van der Waals surface area (Å²) >= 11 is 0. The predicted octanol–water partition coefficient (Wildman–Crippen LogP) is 1.39. The molecule has 0 aromatic carbocycles. The Kier molecular flexibility index (Phi) is 8.34. The third-order valence-corrected chi connectivity index (χ3v) is 3.55. The fourth-order valence-electron chi connectivity index (χ4n) is 2.39. The largest absolute Gasteiger partial charge is 0.385 e. The van der Waals surface area contributed by atoms with Gasteiger partial charge in [-0.3, -0.25) is 9.48 Å². The third kappa shape index (κ3) is 5.65. The summed E-state index contributed by atoms with van der Waals surface area (Å²) in [5, 5.41) is 10.6. The minimum atomic E-state index is -0.0927. The molecule has 0 radical (unpaired) electrons. The third-order valence-electron chi connectivity index (χ3n) is 3.55. The molecule has 0 aliphatic carbocycles. The summed E-state index contributed by atoms with van der Waals surface area (Å²) in [6.45, 7) is 3.41. The lowest BCUT2D eigenvalue weighted by Gasteiger charge is -2.22. The zero-order chi connectivity index (χ0) is 14.2. The average Bonchev–Trinajstić information content (AvgIpc) is 2.98. The summed E-state index contributed by atoms with van der Waals surface area (Å²) in [6, 6.07) is 2.16. The van der Waals surface area contributed by atoms with Crippen LogP contribution < -0.4 is 10.6 Å². The molecule has 0 saturated carbocycles. The lowest BCUT2D eigenvalue weighted by Crippen LogP contribution is -2.32. The zero-order valence-electron chi connectivity index (χ0n) is 12.5. The fraction of sp³-hybridized carbons (Fsp3) is 0.714. The molecule has 2 rings (SSSR count). The number of aromatic nitrogens is 2. The second kappa shape index (κ2) is 9.76. The fourth-order valence-corrected chi connectivity index (χ4v) is 2.39. The van der Waals surface area contributed by atoms with Gasteiger partial charge in [-0.05, 0) is 38.3 Å². The number of methoxy groups -OCH3 is 1. The Bertz CT molecular complexity index is 419. The van der Waals surface area contributed by atoms with E-state index in [9.17, 15) is 4.79 Å². The minimum Gasteiger partial charge on any atom is -0.385 e. The summed E-state index contributed by atoms with van der Waals surface area (Å²) in [5.41, 5.74) is 0.502. The molecule has 2 N–H and O–H groups in total. The highest BCUT2D eigenvalue weighted by Gasteiger charge is 2.17. The number of unbranched alkanes of at least 4 members (excludes halogenated alkanes) is 1. The highest BCUT2D eigenvalue weighted by Crippen LogP contribution is 2.15. The van der Waals surface area contributed by atoms with E-state index < -0.39 is 0 Å². The molecular weight excluding hydrogens is 292 g/mol. The van der Waals surface area contributed by atoms with E-state index in [0.717, 1.165) is 45.4 Å². The number of ether oxygens (including phenoxy) is 1. The van der Waals surface area contributed by atoms with Crippen molar-refractivity contribution >= 4 is 18.3 Å². The van der Waals surface area contributed by atoms with Crippen LogP contribution in [0.1, 0.15) is 42.2 Å². The van der Waals surface area contributed by atoms with Gasteiger partial charge in [-0.15, -0.1) is 12.4 Å². The van der Waals surface area contributed by atoms with Gasteiger partial charge in [0, 0.05) is 33.0 Å². The first-order valence-corrected chi connectivity index (χ1v) is 7.34. The van der Waals surface area contributed by atoms with Crippen molar-refractivity contribution in [3.05, 3.63) is 18.0 Å². The Morgan fingerprint density at radius 2 is 2.43 bits per heavy atom. The molecule has 2 heterocycles. The molecule has 21 heavy (non-hydrogen) atoms. The first kappa shape index (κ1) is 17.9. The van der Waals surface area contributed by atoms with Gasteiger partial charge in [0.1, 0.15) is 5.69 Å². The summed E-state index contributed by atoms with van der Waals surface area (Å²) in [7, 11) is 1.69. The summed E-state index contributed by atoms with van der Waals surface area (Å²) in [6.07, 6.45) is 6.06. The number of carbonyl (C=O) groups is 1. The van der Waals surface area contributed by atoms with E-state index in [1.54, 1.807) is 13.2 Å². The van der Waals surface area contributed by atoms with Crippen LogP contribution in [0.3, 0.4) is 0 Å². The van der Waals surface area contributed by atoms with Gasteiger partial charge < -0.3 is 15.4 Å². The quantitative estimate of drug-likeness (QED) is 0.746. The van der Waals surface area contributed by atoms with E-state index in [1.165, 1.54) is 0 Å². The maximum Gasteiger partial charge on any atom is 0.271 e. The van der Waals surface area contributed by atoms with E-state index in [4.69, 9.17) is 4.74 Å². The van der Waals surface area contributed by atoms with Gasteiger partial charge in [-0.1, -0.05) is 0 Å². The van der Waals surface area contributed by atoms with Crippen molar-refractivity contribution in [1.29, 1.82) is 0 Å². The first-order chi connectivity index (χ1) is 9.81. The molecule has 1 aliphatic heterocycles. The van der Waals surface area contributed by atoms with Crippen LogP contribution in [0.2, 0.25) is 0 Å². The normalized spacial score (nSPS) is 18.0. The van der Waals surface area contributed by atoms with Gasteiger partial charge in [0.25, 0.3) is 5.91 Å². The van der Waals surface area contributed by atoms with Crippen LogP contribution in [0.25, 0.3) is 0 Å². The number of nitrogens with one attached hydrogen (secondary N) is 2. The molecule has 1 aliphatic rings. The van der Waals surface area contributed by atoms with Gasteiger partial charge >= 0.3 is 0 Å². The van der Waals surface area contributed by atoms with E-state index >= 15 is 0 Å². The Balaban J connectivity index is 0.00000220. The second-order valence-corrected chi connectivity index (χ2v) is 5.14. The van der Waals surface area contributed by atoms with Gasteiger partial charge in [-0.2, -0.15) is 5.10 Å². The molecule has 0 spiro atoms. The number of carbonyl (C=O) groups excluding carboxylic acids is 1. The van der Waals surface area contributed by atoms with E-state index in [0.29, 0.717) is 18.3 Å². The van der Waals surface area contributed by atoms with Crippen LogP contribution in [-0.4, -0.2) is 49.0 Å². The number of hydrogen-bond donors (Lipinski definition) is 2. The lowest BCUT2D eigenvalue weighted by molar-refractivity contribution is 0.0945. The van der Waals surface area contributed by atoms with Crippen LogP contribution >= 0.6 is 12.4 Å². The highest BCUT2D eigenvalue weighted by molar-refractivity contribution is 5.92. The molecule has 7 heteroatoms. The van der Waals surface area contributed by atoms with Crippen molar-refractivity contribution in [2.75, 3.05) is 33.4 Å². The average molecular weight is 317 g/mol. The van der Waals surface area contributed by atoms with Gasteiger partial charge in [-0.25, -0.2) is 0 Å². The van der Waals surface area contributed by atoms with Crippen molar-refractivity contribution < 1.29 is 9.53 Å². The number of piperidine rings is 1. The molecular formula is C14H25ClN4O2. The predicted molar refractivity (Wildman–Crippen MR) is 84.1 cm³/mol. The zero-order valence-corrected chi connectivity index (χ0v) is 13.3. The Hall–Kier alpha value is -1.11. The molecule has 120 valence electrons. The number of nitrogens with zero attached hydrogens (tertiary/aromatic N) is 2. The molecule has 6 nitrogen and oxygen atoms in total. The van der Waals surface area contributed by atoms with Crippen molar-refractivity contribution in [2.24, 2.45) is 0 Å². The maximum absolute atomic E-state index is 11.9. The van der Waals surface area contributed by atoms with Crippen LogP contribution in [0, 0.1) is 0 Å². The van der Waals surface area contributed by atoms with Crippen LogP contribution in [0.15, 0.2) is 12.3 Å². The number of hydrogen-bond acceptors (Lipinski definition) is 4. The van der Waals surface area contributed by atoms with E-state index in [1.807, 2.05) is 10.9 Å². The van der Waals surface area contributed by atoms with E-state index in [-0.39, 0.29) is 18.3 Å². The van der Waals surface area contributed by atoms with Crippen molar-refractivity contribution in [3.8, 4) is 0 Å². The SMILES string of the molecule is COCCCCNC(=O)c1ccn(C2CCCNC2)n1.Cl. The smallest absolute Gasteiger partial charge is 0.271 e. The maximum atomic E-state index is 11.9. The Morgan fingerprint density at radius 1 is 1.57 bits per heavy atom. The molecule has 1 atom stereocenters. The summed E-state index contributed by atoms with van der Waals surface area (Å²) in [5.74, 6) is -0.0927. The van der Waals surface area contributed by atoms with Gasteiger partial charge in [0.2, 0.25) is 0 Å². The molecule has 1 aromatic heterocycles. The van der Waals surface area contributed by atoms with Crippen molar-refractivity contribution in [1.82, 2.24) is 20.4 Å². The van der Waals surface area contributed by atoms with Gasteiger partial charge in [0.05, 0.1) is 6.04 Å². The molecule has 1 amide bonds. The molecule has 1 saturated heterocycles.